The van der Waals surface area contributed by atoms with Crippen LogP contribution < -0.4 is 10.1 Å². The van der Waals surface area contributed by atoms with Crippen molar-refractivity contribution in [2.45, 2.75) is 26.1 Å². The van der Waals surface area contributed by atoms with Gasteiger partial charge in [0.1, 0.15) is 0 Å². The molecule has 1 fully saturated rings. The molecule has 2 aromatic carbocycles. The number of piperazine rings is 1. The molecule has 2 amide bonds. The predicted molar refractivity (Wildman–Crippen MR) is 129 cm³/mol. The number of fused-ring (bicyclic) bond motifs is 1. The van der Waals surface area contributed by atoms with Crippen LogP contribution in [0.25, 0.3) is 0 Å². The number of methoxy groups -OCH3 is 1. The number of ether oxygens (including phenoxy) is 1. The lowest BCUT2D eigenvalue weighted by Gasteiger charge is -2.29. The van der Waals surface area contributed by atoms with Gasteiger partial charge < -0.3 is 20.1 Å². The number of benzene rings is 2. The number of nitrogens with zero attached hydrogens (tertiary/aromatic N) is 4. The summed E-state index contributed by atoms with van der Waals surface area (Å²) in [6.07, 6.45) is 0.755. The fourth-order valence-corrected chi connectivity index (χ4v) is 4.79. The maximum absolute atomic E-state index is 13.5. The average Bonchev–Trinajstić information content (AvgIpc) is 3.22. The van der Waals surface area contributed by atoms with E-state index in [-0.39, 0.29) is 24.1 Å². The second-order valence-corrected chi connectivity index (χ2v) is 8.96. The first-order chi connectivity index (χ1) is 17.0. The van der Waals surface area contributed by atoms with E-state index < -0.39 is 0 Å². The molecule has 182 valence electrons. The van der Waals surface area contributed by atoms with Gasteiger partial charge >= 0.3 is 0 Å². The highest BCUT2D eigenvalue weighted by Crippen LogP contribution is 2.29. The normalized spacial score (nSPS) is 16.0. The Hall–Kier alpha value is -3.85. The molecule has 0 atom stereocenters. The number of carbonyl (C=O) groups excluding carboxylic acids is 2. The van der Waals surface area contributed by atoms with E-state index in [0.717, 1.165) is 35.3 Å². The molecule has 1 saturated heterocycles. The van der Waals surface area contributed by atoms with Gasteiger partial charge in [-0.3, -0.25) is 19.2 Å². The third kappa shape index (κ3) is 4.85. The van der Waals surface area contributed by atoms with Gasteiger partial charge in [0.2, 0.25) is 5.91 Å². The van der Waals surface area contributed by atoms with Gasteiger partial charge in [0.05, 0.1) is 20.2 Å². The zero-order valence-corrected chi connectivity index (χ0v) is 19.7. The van der Waals surface area contributed by atoms with Gasteiger partial charge in [0.15, 0.2) is 17.2 Å². The van der Waals surface area contributed by atoms with Crippen molar-refractivity contribution < 1.29 is 19.4 Å². The van der Waals surface area contributed by atoms with E-state index >= 15 is 0 Å². The number of amides is 2. The molecule has 0 saturated carbocycles. The van der Waals surface area contributed by atoms with E-state index in [0.29, 0.717) is 44.2 Å². The number of carbonyl (C=O) groups is 2. The molecule has 2 aliphatic heterocycles. The minimum Gasteiger partial charge on any atom is -0.504 e. The molecule has 1 aromatic heterocycles. The van der Waals surface area contributed by atoms with Gasteiger partial charge in [0, 0.05) is 50.4 Å². The maximum Gasteiger partial charge on any atom is 0.275 e. The fourth-order valence-electron chi connectivity index (χ4n) is 4.79. The highest BCUT2D eigenvalue weighted by atomic mass is 16.5. The van der Waals surface area contributed by atoms with Crippen molar-refractivity contribution in [3.05, 3.63) is 76.6 Å². The van der Waals surface area contributed by atoms with Gasteiger partial charge in [0.25, 0.3) is 5.91 Å². The third-order valence-corrected chi connectivity index (χ3v) is 6.57. The van der Waals surface area contributed by atoms with Crippen LogP contribution in [0.5, 0.6) is 11.5 Å². The van der Waals surface area contributed by atoms with Crippen LogP contribution in [0.15, 0.2) is 48.5 Å². The van der Waals surface area contributed by atoms with E-state index in [1.165, 1.54) is 7.11 Å². The Kier molecular flexibility index (Phi) is 6.41. The van der Waals surface area contributed by atoms with Crippen LogP contribution in [-0.4, -0.2) is 69.8 Å². The number of rotatable bonds is 6. The number of hydrogen-bond donors (Lipinski definition) is 2. The Balaban J connectivity index is 1.43. The lowest BCUT2D eigenvalue weighted by atomic mass is 10.0. The number of phenolic OH excluding ortho intramolecular Hbond substituents is 1. The minimum absolute atomic E-state index is 0.0496. The largest absolute Gasteiger partial charge is 0.504 e. The Labute approximate surface area is 203 Å². The first-order valence-corrected chi connectivity index (χ1v) is 11.8. The molecule has 3 heterocycles. The summed E-state index contributed by atoms with van der Waals surface area (Å²) in [5.74, 6) is 0.197. The number of phenols is 1. The summed E-state index contributed by atoms with van der Waals surface area (Å²) in [6.45, 7) is 3.56. The molecule has 3 aromatic rings. The molecule has 0 spiro atoms. The van der Waals surface area contributed by atoms with Crippen LogP contribution in [0, 0.1) is 0 Å². The van der Waals surface area contributed by atoms with Crippen LogP contribution in [0.2, 0.25) is 0 Å². The van der Waals surface area contributed by atoms with Gasteiger partial charge in [-0.2, -0.15) is 5.10 Å². The second-order valence-electron chi connectivity index (χ2n) is 8.96. The van der Waals surface area contributed by atoms with Crippen LogP contribution in [0.3, 0.4) is 0 Å². The predicted octanol–water partition coefficient (Wildman–Crippen LogP) is 1.78. The molecule has 5 rings (SSSR count). The Morgan fingerprint density at radius 2 is 1.91 bits per heavy atom. The highest BCUT2D eigenvalue weighted by Gasteiger charge is 2.32. The minimum atomic E-state index is -0.202. The number of aromatic hydroxyl groups is 1. The highest BCUT2D eigenvalue weighted by molar-refractivity contribution is 5.97. The summed E-state index contributed by atoms with van der Waals surface area (Å²) in [5, 5.41) is 17.7. The maximum atomic E-state index is 13.5. The van der Waals surface area contributed by atoms with Crippen LogP contribution in [0.4, 0.5) is 0 Å². The topological polar surface area (TPSA) is 99.9 Å². The van der Waals surface area contributed by atoms with Crippen molar-refractivity contribution in [1.29, 1.82) is 0 Å². The number of aromatic nitrogens is 2. The smallest absolute Gasteiger partial charge is 0.275 e. The van der Waals surface area contributed by atoms with Crippen molar-refractivity contribution in [1.82, 2.24) is 24.9 Å². The fraction of sp³-hybridized carbons (Fsp3) is 0.346. The lowest BCUT2D eigenvalue weighted by Crippen LogP contribution is -2.50. The molecular weight excluding hydrogens is 446 g/mol. The zero-order chi connectivity index (χ0) is 24.4. The molecule has 9 nitrogen and oxygen atoms in total. The van der Waals surface area contributed by atoms with Crippen molar-refractivity contribution in [3.8, 4) is 11.5 Å². The summed E-state index contributed by atoms with van der Waals surface area (Å²) in [5.41, 5.74) is 4.48. The molecule has 0 aliphatic carbocycles. The molecule has 0 unspecified atom stereocenters. The quantitative estimate of drug-likeness (QED) is 0.564. The van der Waals surface area contributed by atoms with E-state index in [9.17, 15) is 14.7 Å². The van der Waals surface area contributed by atoms with Gasteiger partial charge in [-0.05, 0) is 23.3 Å². The molecular formula is C26H29N5O4. The molecule has 2 N–H and O–H groups in total. The molecule has 35 heavy (non-hydrogen) atoms. The summed E-state index contributed by atoms with van der Waals surface area (Å²) < 4.78 is 7.09. The van der Waals surface area contributed by atoms with Crippen molar-refractivity contribution in [2.75, 3.05) is 33.3 Å². The van der Waals surface area contributed by atoms with Crippen LogP contribution in [0.1, 0.15) is 32.9 Å². The van der Waals surface area contributed by atoms with E-state index in [4.69, 9.17) is 9.84 Å². The Morgan fingerprint density at radius 1 is 1.09 bits per heavy atom. The van der Waals surface area contributed by atoms with Gasteiger partial charge in [-0.25, -0.2) is 0 Å². The zero-order valence-electron chi connectivity index (χ0n) is 19.7. The Bertz CT molecular complexity index is 1240. The first kappa shape index (κ1) is 22.9. The molecule has 0 bridgehead atoms. The van der Waals surface area contributed by atoms with Crippen molar-refractivity contribution in [3.63, 3.8) is 0 Å². The van der Waals surface area contributed by atoms with Crippen LogP contribution in [-0.2, 0) is 30.8 Å². The van der Waals surface area contributed by atoms with Gasteiger partial charge in [-0.1, -0.05) is 36.4 Å². The SMILES string of the molecule is COc1ccc(CN2CCc3c(c(C(=O)N4CCNC(=O)C4)nn3Cc3ccccc3)C2)cc1O. The van der Waals surface area contributed by atoms with Crippen molar-refractivity contribution in [2.24, 2.45) is 0 Å². The number of nitrogens with one attached hydrogen (secondary N) is 1. The molecule has 0 radical (unpaired) electrons. The summed E-state index contributed by atoms with van der Waals surface area (Å²) in [6, 6.07) is 15.5. The van der Waals surface area contributed by atoms with E-state index in [1.54, 1.807) is 17.0 Å². The molecule has 9 heteroatoms. The Morgan fingerprint density at radius 3 is 2.66 bits per heavy atom. The summed E-state index contributed by atoms with van der Waals surface area (Å²) >= 11 is 0. The standard InChI is InChI=1S/C26H29N5O4/c1-35-23-8-7-19(13-22(23)32)14-29-11-9-21-20(16-29)25(26(34)30-12-10-27-24(33)17-30)28-31(21)15-18-5-3-2-4-6-18/h2-8,13,32H,9-12,14-17H2,1H3,(H,27,33). The van der Waals surface area contributed by atoms with Crippen molar-refractivity contribution >= 4 is 11.8 Å². The third-order valence-electron chi connectivity index (χ3n) is 6.57. The monoisotopic (exact) mass is 475 g/mol. The van der Waals surface area contributed by atoms with Gasteiger partial charge in [-0.15, -0.1) is 0 Å². The molecule has 2 aliphatic rings. The second kappa shape index (κ2) is 9.79. The van der Waals surface area contributed by atoms with E-state index in [2.05, 4.69) is 22.3 Å². The van der Waals surface area contributed by atoms with Crippen LogP contribution >= 0.6 is 0 Å². The lowest BCUT2D eigenvalue weighted by molar-refractivity contribution is -0.123. The average molecular weight is 476 g/mol. The van der Waals surface area contributed by atoms with E-state index in [1.807, 2.05) is 28.9 Å². The number of hydrogen-bond acceptors (Lipinski definition) is 6. The first-order valence-electron chi connectivity index (χ1n) is 11.8. The summed E-state index contributed by atoms with van der Waals surface area (Å²) in [4.78, 5) is 29.2. The summed E-state index contributed by atoms with van der Waals surface area (Å²) in [7, 11) is 1.53.